The van der Waals surface area contributed by atoms with Crippen LogP contribution < -0.4 is 5.32 Å². The summed E-state index contributed by atoms with van der Waals surface area (Å²) < 4.78 is 11.4. The number of rotatable bonds is 7. The van der Waals surface area contributed by atoms with Gasteiger partial charge in [0, 0.05) is 67.6 Å². The largest absolute Gasteiger partial charge is 0.456 e. The zero-order chi connectivity index (χ0) is 22.5. The van der Waals surface area contributed by atoms with Crippen LogP contribution in [-0.2, 0) is 11.3 Å². The number of fused-ring (bicyclic) bond motifs is 3. The van der Waals surface area contributed by atoms with Gasteiger partial charge in [0.15, 0.2) is 0 Å². The number of anilines is 1. The summed E-state index contributed by atoms with van der Waals surface area (Å²) in [5.74, 6) is 0. The van der Waals surface area contributed by atoms with Gasteiger partial charge in [-0.1, -0.05) is 18.2 Å². The van der Waals surface area contributed by atoms with Crippen LogP contribution in [0.25, 0.3) is 21.9 Å². The molecule has 7 heteroatoms. The SMILES string of the molecule is O=C(Nc1ccc2c(c1)oc1ccccc12)N(CCCN1CCOCC1)Cc1ccncc1. The third kappa shape index (κ3) is 5.16. The fourth-order valence-corrected chi connectivity index (χ4v) is 4.28. The smallest absolute Gasteiger partial charge is 0.322 e. The average molecular weight is 445 g/mol. The molecule has 1 fully saturated rings. The first-order valence-corrected chi connectivity index (χ1v) is 11.4. The molecule has 1 aliphatic heterocycles. The van der Waals surface area contributed by atoms with E-state index >= 15 is 0 Å². The van der Waals surface area contributed by atoms with Crippen LogP contribution in [-0.4, -0.2) is 60.2 Å². The van der Waals surface area contributed by atoms with Gasteiger partial charge in [-0.3, -0.25) is 9.88 Å². The molecule has 170 valence electrons. The standard InChI is InChI=1S/C26H28N4O3/c31-26(28-21-6-7-23-22-4-1-2-5-24(22)33-25(23)18-21)30(19-20-8-10-27-11-9-20)13-3-12-29-14-16-32-17-15-29/h1-2,4-11,18H,3,12-17,19H2,(H,28,31). The fraction of sp³-hybridized carbons (Fsp3) is 0.308. The second-order valence-corrected chi connectivity index (χ2v) is 8.32. The monoisotopic (exact) mass is 444 g/mol. The van der Waals surface area contributed by atoms with Crippen molar-refractivity contribution in [3.63, 3.8) is 0 Å². The van der Waals surface area contributed by atoms with E-state index in [1.807, 2.05) is 59.5 Å². The van der Waals surface area contributed by atoms with Gasteiger partial charge >= 0.3 is 6.03 Å². The highest BCUT2D eigenvalue weighted by atomic mass is 16.5. The summed E-state index contributed by atoms with van der Waals surface area (Å²) in [6.45, 7) is 5.62. The third-order valence-electron chi connectivity index (χ3n) is 6.05. The minimum atomic E-state index is -0.121. The Morgan fingerprint density at radius 3 is 2.64 bits per heavy atom. The summed E-state index contributed by atoms with van der Waals surface area (Å²) in [5.41, 5.74) is 3.39. The second-order valence-electron chi connectivity index (χ2n) is 8.32. The lowest BCUT2D eigenvalue weighted by molar-refractivity contribution is 0.0365. The van der Waals surface area contributed by atoms with Crippen LogP contribution in [0.4, 0.5) is 10.5 Å². The number of aromatic nitrogens is 1. The van der Waals surface area contributed by atoms with Crippen LogP contribution in [0.5, 0.6) is 0 Å². The first-order valence-electron chi connectivity index (χ1n) is 11.4. The molecule has 1 aliphatic rings. The number of nitrogens with zero attached hydrogens (tertiary/aromatic N) is 3. The highest BCUT2D eigenvalue weighted by Gasteiger charge is 2.17. The van der Waals surface area contributed by atoms with Crippen LogP contribution in [0.15, 0.2) is 71.4 Å². The Hall–Kier alpha value is -3.42. The molecule has 2 amide bonds. The summed E-state index contributed by atoms with van der Waals surface area (Å²) in [5, 5.41) is 5.19. The second kappa shape index (κ2) is 10.0. The number of benzene rings is 2. The Kier molecular flexibility index (Phi) is 6.51. The zero-order valence-electron chi connectivity index (χ0n) is 18.6. The van der Waals surface area contributed by atoms with Gasteiger partial charge in [0.1, 0.15) is 11.2 Å². The maximum absolute atomic E-state index is 13.2. The normalized spacial score (nSPS) is 14.5. The van der Waals surface area contributed by atoms with Crippen molar-refractivity contribution in [3.05, 3.63) is 72.6 Å². The predicted molar refractivity (Wildman–Crippen MR) is 129 cm³/mol. The van der Waals surface area contributed by atoms with Crippen LogP contribution >= 0.6 is 0 Å². The van der Waals surface area contributed by atoms with E-state index in [1.165, 1.54) is 0 Å². The molecule has 33 heavy (non-hydrogen) atoms. The number of pyridine rings is 1. The third-order valence-corrected chi connectivity index (χ3v) is 6.05. The topological polar surface area (TPSA) is 70.8 Å². The van der Waals surface area contributed by atoms with Crippen molar-refractivity contribution < 1.29 is 13.9 Å². The first kappa shape index (κ1) is 21.4. The molecule has 0 aliphatic carbocycles. The molecule has 3 heterocycles. The van der Waals surface area contributed by atoms with Crippen molar-refractivity contribution in [1.29, 1.82) is 0 Å². The van der Waals surface area contributed by atoms with Gasteiger partial charge in [-0.15, -0.1) is 0 Å². The number of nitrogens with one attached hydrogen (secondary N) is 1. The lowest BCUT2D eigenvalue weighted by Gasteiger charge is -2.28. The van der Waals surface area contributed by atoms with Crippen molar-refractivity contribution >= 4 is 33.7 Å². The first-order chi connectivity index (χ1) is 16.3. The number of hydrogen-bond acceptors (Lipinski definition) is 5. The number of urea groups is 1. The molecule has 7 nitrogen and oxygen atoms in total. The summed E-state index contributed by atoms with van der Waals surface area (Å²) in [4.78, 5) is 21.6. The molecule has 0 unspecified atom stereocenters. The van der Waals surface area contributed by atoms with Crippen molar-refractivity contribution in [2.45, 2.75) is 13.0 Å². The van der Waals surface area contributed by atoms with Gasteiger partial charge in [0.2, 0.25) is 0 Å². The molecule has 1 saturated heterocycles. The van der Waals surface area contributed by atoms with Gasteiger partial charge < -0.3 is 19.4 Å². The summed E-state index contributed by atoms with van der Waals surface area (Å²) >= 11 is 0. The maximum atomic E-state index is 13.2. The highest BCUT2D eigenvalue weighted by Crippen LogP contribution is 2.30. The van der Waals surface area contributed by atoms with Crippen LogP contribution in [0.3, 0.4) is 0 Å². The minimum absolute atomic E-state index is 0.121. The molecule has 0 radical (unpaired) electrons. The number of furan rings is 1. The number of carbonyl (C=O) groups excluding carboxylic acids is 1. The Morgan fingerprint density at radius 1 is 1.00 bits per heavy atom. The van der Waals surface area contributed by atoms with E-state index < -0.39 is 0 Å². The highest BCUT2D eigenvalue weighted by molar-refractivity contribution is 6.06. The lowest BCUT2D eigenvalue weighted by Crippen LogP contribution is -2.40. The van der Waals surface area contributed by atoms with Gasteiger partial charge in [0.05, 0.1) is 13.2 Å². The Bertz CT molecular complexity index is 1220. The molecule has 0 spiro atoms. The van der Waals surface area contributed by atoms with E-state index in [0.29, 0.717) is 13.1 Å². The summed E-state index contributed by atoms with van der Waals surface area (Å²) in [7, 11) is 0. The molecule has 1 N–H and O–H groups in total. The number of ether oxygens (including phenoxy) is 1. The fourth-order valence-electron chi connectivity index (χ4n) is 4.28. The molecule has 4 aromatic rings. The summed E-state index contributed by atoms with van der Waals surface area (Å²) in [6.07, 6.45) is 4.42. The van der Waals surface area contributed by atoms with Crippen LogP contribution in [0, 0.1) is 0 Å². The van der Waals surface area contributed by atoms with E-state index in [2.05, 4.69) is 15.2 Å². The van der Waals surface area contributed by atoms with Crippen molar-refractivity contribution in [2.24, 2.45) is 0 Å². The Labute approximate surface area is 192 Å². The quantitative estimate of drug-likeness (QED) is 0.446. The molecular formula is C26H28N4O3. The molecular weight excluding hydrogens is 416 g/mol. The average Bonchev–Trinajstić information content (AvgIpc) is 3.22. The molecule has 0 bridgehead atoms. The van der Waals surface area contributed by atoms with Gasteiger partial charge in [0.25, 0.3) is 0 Å². The zero-order valence-corrected chi connectivity index (χ0v) is 18.6. The number of para-hydroxylation sites is 1. The van der Waals surface area contributed by atoms with Gasteiger partial charge in [-0.05, 0) is 42.3 Å². The number of hydrogen-bond donors (Lipinski definition) is 1. The molecule has 2 aromatic heterocycles. The van der Waals surface area contributed by atoms with Gasteiger partial charge in [-0.25, -0.2) is 4.79 Å². The minimum Gasteiger partial charge on any atom is -0.456 e. The Balaban J connectivity index is 1.29. The molecule has 2 aromatic carbocycles. The van der Waals surface area contributed by atoms with Crippen LogP contribution in [0.1, 0.15) is 12.0 Å². The van der Waals surface area contributed by atoms with E-state index in [1.54, 1.807) is 12.4 Å². The maximum Gasteiger partial charge on any atom is 0.322 e. The number of amides is 2. The van der Waals surface area contributed by atoms with E-state index in [4.69, 9.17) is 9.15 Å². The molecule has 0 saturated carbocycles. The lowest BCUT2D eigenvalue weighted by atomic mass is 10.1. The van der Waals surface area contributed by atoms with E-state index in [0.717, 1.165) is 72.5 Å². The van der Waals surface area contributed by atoms with Crippen molar-refractivity contribution in [2.75, 3.05) is 44.7 Å². The number of morpholine rings is 1. The van der Waals surface area contributed by atoms with Gasteiger partial charge in [-0.2, -0.15) is 0 Å². The van der Waals surface area contributed by atoms with E-state index in [9.17, 15) is 4.79 Å². The predicted octanol–water partition coefficient (Wildman–Crippen LogP) is 4.74. The molecule has 0 atom stereocenters. The van der Waals surface area contributed by atoms with Crippen molar-refractivity contribution in [1.82, 2.24) is 14.8 Å². The Morgan fingerprint density at radius 2 is 1.79 bits per heavy atom. The van der Waals surface area contributed by atoms with E-state index in [-0.39, 0.29) is 6.03 Å². The molecule has 5 rings (SSSR count). The van der Waals surface area contributed by atoms with Crippen LogP contribution in [0.2, 0.25) is 0 Å². The summed E-state index contributed by atoms with van der Waals surface area (Å²) in [6, 6.07) is 17.6. The number of carbonyl (C=O) groups is 1. The van der Waals surface area contributed by atoms with Crippen molar-refractivity contribution in [3.8, 4) is 0 Å².